The fourth-order valence-electron chi connectivity index (χ4n) is 1.00. The molecule has 1 heteroatoms. The van der Waals surface area contributed by atoms with Crippen LogP contribution in [0.1, 0.15) is 33.1 Å². The molecule has 1 atom stereocenters. The zero-order chi connectivity index (χ0) is 5.98. The van der Waals surface area contributed by atoms with Gasteiger partial charge in [0, 0.05) is 0 Å². The van der Waals surface area contributed by atoms with Crippen molar-refractivity contribution < 1.29 is 58.2 Å². The van der Waals surface area contributed by atoms with Gasteiger partial charge < -0.3 is 6.08 Å². The molecule has 0 spiro atoms. The third-order valence-corrected chi connectivity index (χ3v) is 1.76. The Kier molecular flexibility index (Phi) is 6.13. The maximum absolute atomic E-state index is 3.35. The largest absolute Gasteiger partial charge is 1.00 e. The van der Waals surface area contributed by atoms with Gasteiger partial charge >= 0.3 is 58.2 Å². The molecule has 1 aliphatic rings. The third-order valence-electron chi connectivity index (χ3n) is 1.76. The molecular formula is C8H13Rb. The van der Waals surface area contributed by atoms with E-state index in [2.05, 4.69) is 19.9 Å². The molecule has 0 bridgehead atoms. The first-order valence-electron chi connectivity index (χ1n) is 3.35. The van der Waals surface area contributed by atoms with Gasteiger partial charge in [-0.2, -0.15) is 6.42 Å². The normalized spacial score (nSPS) is 26.4. The first kappa shape index (κ1) is 10.5. The summed E-state index contributed by atoms with van der Waals surface area (Å²) in [4.78, 5) is 0. The molecule has 46 valence electrons. The molecule has 0 N–H and O–H groups in total. The summed E-state index contributed by atoms with van der Waals surface area (Å²) in [6, 6.07) is 0. The predicted molar refractivity (Wildman–Crippen MR) is 35.4 cm³/mol. The van der Waals surface area contributed by atoms with Gasteiger partial charge in [-0.3, -0.25) is 5.57 Å². The Labute approximate surface area is 107 Å². The summed E-state index contributed by atoms with van der Waals surface area (Å²) >= 11 is 0. The smallest absolute Gasteiger partial charge is 0.497 e. The van der Waals surface area contributed by atoms with Crippen LogP contribution in [0, 0.1) is 12.0 Å². The molecule has 0 amide bonds. The molecule has 9 heavy (non-hydrogen) atoms. The van der Waals surface area contributed by atoms with Crippen LogP contribution in [-0.4, -0.2) is 0 Å². The minimum atomic E-state index is 0. The molecule has 0 aromatic heterocycles. The second-order valence-electron chi connectivity index (χ2n) is 2.81. The van der Waals surface area contributed by atoms with Crippen molar-refractivity contribution in [3.8, 4) is 0 Å². The van der Waals surface area contributed by atoms with Gasteiger partial charge in [0.05, 0.1) is 0 Å². The molecule has 0 aromatic carbocycles. The standard InChI is InChI=1S/C8H13.Rb/c1-7-3-5-8(2)6-4-7;/h7H,3-5H2,1-2H3;/q-1;+1. The van der Waals surface area contributed by atoms with E-state index in [-0.39, 0.29) is 58.2 Å². The van der Waals surface area contributed by atoms with E-state index >= 15 is 0 Å². The second-order valence-corrected chi connectivity index (χ2v) is 2.81. The molecule has 0 nitrogen and oxygen atoms in total. The molecule has 0 saturated heterocycles. The Hall–Kier alpha value is 1.55. The molecule has 0 fully saturated rings. The van der Waals surface area contributed by atoms with E-state index in [0.29, 0.717) is 0 Å². The molecule has 0 saturated carbocycles. The maximum atomic E-state index is 3.35. The van der Waals surface area contributed by atoms with Crippen molar-refractivity contribution >= 4 is 0 Å². The monoisotopic (exact) mass is 194 g/mol. The average molecular weight is 195 g/mol. The van der Waals surface area contributed by atoms with Crippen molar-refractivity contribution in [1.82, 2.24) is 0 Å². The van der Waals surface area contributed by atoms with Crippen LogP contribution in [0.5, 0.6) is 0 Å². The first-order chi connectivity index (χ1) is 3.79. The summed E-state index contributed by atoms with van der Waals surface area (Å²) in [7, 11) is 0. The van der Waals surface area contributed by atoms with Crippen LogP contribution in [-0.2, 0) is 0 Å². The van der Waals surface area contributed by atoms with Gasteiger partial charge in [-0.15, -0.1) is 0 Å². The number of allylic oxidation sites excluding steroid dienone is 2. The minimum absolute atomic E-state index is 0. The predicted octanol–water partition coefficient (Wildman–Crippen LogP) is -0.440. The Morgan fingerprint density at radius 2 is 2.22 bits per heavy atom. The van der Waals surface area contributed by atoms with Gasteiger partial charge in [0.25, 0.3) is 0 Å². The van der Waals surface area contributed by atoms with Crippen molar-refractivity contribution in [1.29, 1.82) is 0 Å². The van der Waals surface area contributed by atoms with E-state index < -0.39 is 0 Å². The van der Waals surface area contributed by atoms with Gasteiger partial charge in [-0.05, 0) is 0 Å². The molecular weight excluding hydrogens is 182 g/mol. The van der Waals surface area contributed by atoms with E-state index in [0.717, 1.165) is 5.92 Å². The summed E-state index contributed by atoms with van der Waals surface area (Å²) in [5.74, 6) is 0.888. The maximum Gasteiger partial charge on any atom is 1.00 e. The van der Waals surface area contributed by atoms with Crippen molar-refractivity contribution in [2.45, 2.75) is 33.1 Å². The van der Waals surface area contributed by atoms with Crippen LogP contribution in [0.2, 0.25) is 0 Å². The van der Waals surface area contributed by atoms with Gasteiger partial charge in [0.15, 0.2) is 0 Å². The van der Waals surface area contributed by atoms with Crippen molar-refractivity contribution in [2.75, 3.05) is 0 Å². The molecule has 0 radical (unpaired) electrons. The topological polar surface area (TPSA) is 0 Å². The summed E-state index contributed by atoms with van der Waals surface area (Å²) in [5.41, 5.74) is 1.46. The minimum Gasteiger partial charge on any atom is -0.497 e. The van der Waals surface area contributed by atoms with Crippen molar-refractivity contribution in [2.24, 2.45) is 5.92 Å². The molecule has 0 aliphatic heterocycles. The summed E-state index contributed by atoms with van der Waals surface area (Å²) in [5, 5.41) is 0. The van der Waals surface area contributed by atoms with Crippen LogP contribution < -0.4 is 58.2 Å². The Balaban J connectivity index is 0.000000640. The Morgan fingerprint density at radius 3 is 2.56 bits per heavy atom. The Bertz CT molecular complexity index is 105. The van der Waals surface area contributed by atoms with E-state index in [4.69, 9.17) is 0 Å². The van der Waals surface area contributed by atoms with Gasteiger partial charge in [0.1, 0.15) is 0 Å². The van der Waals surface area contributed by atoms with E-state index in [9.17, 15) is 0 Å². The summed E-state index contributed by atoms with van der Waals surface area (Å²) in [6.07, 6.45) is 7.19. The SMILES string of the molecule is CC1=[C-]CC(C)CC1.[Rb+]. The molecule has 1 rings (SSSR count). The fourth-order valence-corrected chi connectivity index (χ4v) is 1.00. The van der Waals surface area contributed by atoms with E-state index in [1.54, 1.807) is 0 Å². The molecule has 1 unspecified atom stereocenters. The Morgan fingerprint density at radius 1 is 1.56 bits per heavy atom. The van der Waals surface area contributed by atoms with Crippen LogP contribution in [0.4, 0.5) is 0 Å². The van der Waals surface area contributed by atoms with Crippen LogP contribution in [0.15, 0.2) is 5.57 Å². The van der Waals surface area contributed by atoms with Gasteiger partial charge in [0.2, 0.25) is 0 Å². The van der Waals surface area contributed by atoms with Gasteiger partial charge in [-0.25, -0.2) is 0 Å². The zero-order valence-electron chi connectivity index (χ0n) is 6.70. The van der Waals surface area contributed by atoms with E-state index in [1.165, 1.54) is 24.8 Å². The van der Waals surface area contributed by atoms with E-state index in [1.807, 2.05) is 0 Å². The summed E-state index contributed by atoms with van der Waals surface area (Å²) < 4.78 is 0. The zero-order valence-corrected chi connectivity index (χ0v) is 11.6. The fraction of sp³-hybridized carbons (Fsp3) is 0.750. The quantitative estimate of drug-likeness (QED) is 0.459. The van der Waals surface area contributed by atoms with Crippen molar-refractivity contribution in [3.63, 3.8) is 0 Å². The number of rotatable bonds is 0. The number of hydrogen-bond donors (Lipinski definition) is 0. The van der Waals surface area contributed by atoms with Crippen molar-refractivity contribution in [3.05, 3.63) is 11.6 Å². The molecule has 1 aliphatic carbocycles. The van der Waals surface area contributed by atoms with Crippen LogP contribution in [0.3, 0.4) is 0 Å². The second kappa shape index (κ2) is 5.23. The van der Waals surface area contributed by atoms with Gasteiger partial charge in [-0.1, -0.05) is 32.6 Å². The summed E-state index contributed by atoms with van der Waals surface area (Å²) in [6.45, 7) is 4.46. The number of hydrogen-bond acceptors (Lipinski definition) is 0. The van der Waals surface area contributed by atoms with Crippen LogP contribution >= 0.6 is 0 Å². The first-order valence-corrected chi connectivity index (χ1v) is 3.35. The third kappa shape index (κ3) is 4.08. The average Bonchev–Trinajstić information content (AvgIpc) is 1.77. The molecule has 0 heterocycles. The van der Waals surface area contributed by atoms with Crippen LogP contribution in [0.25, 0.3) is 0 Å². The molecule has 0 aromatic rings.